The normalized spacial score (nSPS) is 16.7. The Labute approximate surface area is 81.2 Å². The highest BCUT2D eigenvalue weighted by molar-refractivity contribution is 4.80. The largest absolute Gasteiger partial charge is 0.198 e. The Balaban J connectivity index is 3.88. The van der Waals surface area contributed by atoms with E-state index in [-0.39, 0.29) is 0 Å². The van der Waals surface area contributed by atoms with Gasteiger partial charge in [0.15, 0.2) is 0 Å². The third-order valence-electron chi connectivity index (χ3n) is 2.92. The van der Waals surface area contributed by atoms with Crippen LogP contribution >= 0.6 is 0 Å². The number of rotatable bonds is 5. The van der Waals surface area contributed by atoms with Crippen molar-refractivity contribution in [1.29, 1.82) is 10.5 Å². The van der Waals surface area contributed by atoms with Crippen molar-refractivity contribution >= 4 is 0 Å². The monoisotopic (exact) mass is 178 g/mol. The van der Waals surface area contributed by atoms with E-state index in [0.29, 0.717) is 30.6 Å². The zero-order chi connectivity index (χ0) is 10.3. The van der Waals surface area contributed by atoms with E-state index in [4.69, 9.17) is 10.5 Å². The van der Waals surface area contributed by atoms with Crippen molar-refractivity contribution in [2.75, 3.05) is 0 Å². The number of nitriles is 2. The van der Waals surface area contributed by atoms with Gasteiger partial charge in [-0.2, -0.15) is 10.5 Å². The molecule has 72 valence electrons. The van der Waals surface area contributed by atoms with Crippen LogP contribution in [0.3, 0.4) is 0 Å². The number of hydrogen-bond acceptors (Lipinski definition) is 2. The molecule has 0 spiro atoms. The molecule has 0 aromatic carbocycles. The standard InChI is InChI=1S/C11H18N2/c1-9(5-4-7-12)11(3)10(2)6-8-13/h9-11H,4-6H2,1-3H3. The van der Waals surface area contributed by atoms with Gasteiger partial charge >= 0.3 is 0 Å². The van der Waals surface area contributed by atoms with Gasteiger partial charge in [0.2, 0.25) is 0 Å². The first-order valence-corrected chi connectivity index (χ1v) is 4.87. The second-order valence-corrected chi connectivity index (χ2v) is 3.87. The molecule has 0 N–H and O–H groups in total. The third-order valence-corrected chi connectivity index (χ3v) is 2.92. The highest BCUT2D eigenvalue weighted by atomic mass is 14.3. The maximum absolute atomic E-state index is 8.54. The van der Waals surface area contributed by atoms with E-state index in [1.54, 1.807) is 0 Å². The summed E-state index contributed by atoms with van der Waals surface area (Å²) < 4.78 is 0. The fourth-order valence-corrected chi connectivity index (χ4v) is 1.45. The van der Waals surface area contributed by atoms with Gasteiger partial charge in [0.25, 0.3) is 0 Å². The molecule has 0 aromatic heterocycles. The molecule has 2 heteroatoms. The minimum absolute atomic E-state index is 0.443. The average Bonchev–Trinajstić information content (AvgIpc) is 2.13. The zero-order valence-corrected chi connectivity index (χ0v) is 8.75. The van der Waals surface area contributed by atoms with Crippen molar-refractivity contribution in [1.82, 2.24) is 0 Å². The summed E-state index contributed by atoms with van der Waals surface area (Å²) in [7, 11) is 0. The molecule has 0 amide bonds. The number of hydrogen-bond donors (Lipinski definition) is 0. The maximum Gasteiger partial charge on any atom is 0.0624 e. The first-order chi connectivity index (χ1) is 6.13. The summed E-state index contributed by atoms with van der Waals surface area (Å²) in [4.78, 5) is 0. The van der Waals surface area contributed by atoms with Gasteiger partial charge in [-0.3, -0.25) is 0 Å². The summed E-state index contributed by atoms with van der Waals surface area (Å²) in [5.74, 6) is 1.52. The summed E-state index contributed by atoms with van der Waals surface area (Å²) in [6.45, 7) is 6.44. The molecule has 0 bridgehead atoms. The van der Waals surface area contributed by atoms with Crippen LogP contribution in [0.1, 0.15) is 40.0 Å². The first-order valence-electron chi connectivity index (χ1n) is 4.87. The molecule has 0 rings (SSSR count). The zero-order valence-electron chi connectivity index (χ0n) is 8.75. The van der Waals surface area contributed by atoms with Gasteiger partial charge in [-0.15, -0.1) is 0 Å². The van der Waals surface area contributed by atoms with Crippen LogP contribution in [0.25, 0.3) is 0 Å². The quantitative estimate of drug-likeness (QED) is 0.649. The molecular weight excluding hydrogens is 160 g/mol. The molecule has 13 heavy (non-hydrogen) atoms. The average molecular weight is 178 g/mol. The lowest BCUT2D eigenvalue weighted by molar-refractivity contribution is 0.271. The summed E-state index contributed by atoms with van der Waals surface area (Å²) in [6, 6.07) is 4.35. The van der Waals surface area contributed by atoms with E-state index in [1.807, 2.05) is 0 Å². The molecule has 0 aliphatic rings. The minimum Gasteiger partial charge on any atom is -0.198 e. The fourth-order valence-electron chi connectivity index (χ4n) is 1.45. The second-order valence-electron chi connectivity index (χ2n) is 3.87. The van der Waals surface area contributed by atoms with Crippen LogP contribution < -0.4 is 0 Å². The number of nitrogens with zero attached hydrogens (tertiary/aromatic N) is 2. The van der Waals surface area contributed by atoms with Crippen LogP contribution in [0.4, 0.5) is 0 Å². The van der Waals surface area contributed by atoms with Gasteiger partial charge in [-0.25, -0.2) is 0 Å². The lowest BCUT2D eigenvalue weighted by Crippen LogP contribution is -2.16. The molecule has 0 aliphatic heterocycles. The topological polar surface area (TPSA) is 47.6 Å². The van der Waals surface area contributed by atoms with E-state index in [9.17, 15) is 0 Å². The van der Waals surface area contributed by atoms with Crippen molar-refractivity contribution < 1.29 is 0 Å². The van der Waals surface area contributed by atoms with Crippen molar-refractivity contribution in [3.8, 4) is 12.1 Å². The van der Waals surface area contributed by atoms with Crippen LogP contribution in [0.5, 0.6) is 0 Å². The van der Waals surface area contributed by atoms with Crippen LogP contribution in [-0.4, -0.2) is 0 Å². The molecular formula is C11H18N2. The predicted octanol–water partition coefficient (Wildman–Crippen LogP) is 3.11. The van der Waals surface area contributed by atoms with Gasteiger partial charge in [-0.1, -0.05) is 20.8 Å². The van der Waals surface area contributed by atoms with Crippen molar-refractivity contribution in [2.45, 2.75) is 40.0 Å². The first kappa shape index (κ1) is 12.0. The molecule has 0 fully saturated rings. The van der Waals surface area contributed by atoms with E-state index in [1.165, 1.54) is 0 Å². The SMILES string of the molecule is CC(CC#N)C(C)C(C)CCC#N. The van der Waals surface area contributed by atoms with E-state index >= 15 is 0 Å². The van der Waals surface area contributed by atoms with Gasteiger partial charge in [-0.05, 0) is 24.2 Å². The predicted molar refractivity (Wildman–Crippen MR) is 52.6 cm³/mol. The Bertz CT molecular complexity index is 209. The van der Waals surface area contributed by atoms with Gasteiger partial charge in [0.1, 0.15) is 0 Å². The lowest BCUT2D eigenvalue weighted by atomic mass is 9.81. The van der Waals surface area contributed by atoms with Crippen molar-refractivity contribution in [3.63, 3.8) is 0 Å². The molecule has 0 aromatic rings. The molecule has 0 heterocycles. The smallest absolute Gasteiger partial charge is 0.0624 e. The van der Waals surface area contributed by atoms with Gasteiger partial charge in [0.05, 0.1) is 12.1 Å². The molecule has 3 unspecified atom stereocenters. The summed E-state index contributed by atoms with van der Waals surface area (Å²) >= 11 is 0. The second kappa shape index (κ2) is 6.49. The Morgan fingerprint density at radius 2 is 1.62 bits per heavy atom. The molecule has 3 atom stereocenters. The van der Waals surface area contributed by atoms with Crippen molar-refractivity contribution in [3.05, 3.63) is 0 Å². The molecule has 0 radical (unpaired) electrons. The molecule has 0 aliphatic carbocycles. The Morgan fingerprint density at radius 1 is 1.00 bits per heavy atom. The van der Waals surface area contributed by atoms with Crippen LogP contribution in [0.15, 0.2) is 0 Å². The van der Waals surface area contributed by atoms with E-state index < -0.39 is 0 Å². The summed E-state index contributed by atoms with van der Waals surface area (Å²) in [5.41, 5.74) is 0. The van der Waals surface area contributed by atoms with Crippen LogP contribution in [0, 0.1) is 40.4 Å². The highest BCUT2D eigenvalue weighted by Gasteiger charge is 2.18. The van der Waals surface area contributed by atoms with Crippen molar-refractivity contribution in [2.24, 2.45) is 17.8 Å². The maximum atomic E-state index is 8.54. The lowest BCUT2D eigenvalue weighted by Gasteiger charge is -2.23. The van der Waals surface area contributed by atoms with Crippen LogP contribution in [-0.2, 0) is 0 Å². The van der Waals surface area contributed by atoms with Gasteiger partial charge in [0, 0.05) is 12.8 Å². The Hall–Kier alpha value is -1.02. The van der Waals surface area contributed by atoms with E-state index in [2.05, 4.69) is 32.9 Å². The third kappa shape index (κ3) is 4.53. The molecule has 2 nitrogen and oxygen atoms in total. The molecule has 0 saturated carbocycles. The molecule has 0 saturated heterocycles. The summed E-state index contributed by atoms with van der Waals surface area (Å²) in [5, 5.41) is 17.0. The Kier molecular flexibility index (Phi) is 5.98. The van der Waals surface area contributed by atoms with Crippen LogP contribution in [0.2, 0.25) is 0 Å². The van der Waals surface area contributed by atoms with Gasteiger partial charge < -0.3 is 0 Å². The van der Waals surface area contributed by atoms with E-state index in [0.717, 1.165) is 6.42 Å². The minimum atomic E-state index is 0.443. The Morgan fingerprint density at radius 3 is 2.08 bits per heavy atom. The summed E-state index contributed by atoms with van der Waals surface area (Å²) in [6.07, 6.45) is 2.20. The highest BCUT2D eigenvalue weighted by Crippen LogP contribution is 2.25. The fraction of sp³-hybridized carbons (Fsp3) is 0.818.